The van der Waals surface area contributed by atoms with Crippen LogP contribution in [0.2, 0.25) is 0 Å². The summed E-state index contributed by atoms with van der Waals surface area (Å²) < 4.78 is 9.30. The molecule has 0 aliphatic rings. The Morgan fingerprint density at radius 3 is 2.55 bits per heavy atom. The lowest BCUT2D eigenvalue weighted by Crippen LogP contribution is -2.09. The summed E-state index contributed by atoms with van der Waals surface area (Å²) in [5.41, 5.74) is 3.20. The van der Waals surface area contributed by atoms with Crippen molar-refractivity contribution in [3.8, 4) is 28.8 Å². The largest absolute Gasteiger partial charge is 0.426 e. The summed E-state index contributed by atoms with van der Waals surface area (Å²) >= 11 is 0. The quantitative estimate of drug-likeness (QED) is 0.485. The zero-order valence-electron chi connectivity index (χ0n) is 17.2. The highest BCUT2D eigenvalue weighted by Crippen LogP contribution is 2.27. The van der Waals surface area contributed by atoms with Gasteiger partial charge in [0.05, 0.1) is 6.20 Å². The van der Waals surface area contributed by atoms with Crippen molar-refractivity contribution in [1.82, 2.24) is 34.5 Å². The number of H-pyrrole nitrogens is 1. The van der Waals surface area contributed by atoms with Gasteiger partial charge in [-0.05, 0) is 43.7 Å². The number of hydrogen-bond acceptors (Lipinski definition) is 6. The molecular formula is C22H19N7O2. The van der Waals surface area contributed by atoms with Gasteiger partial charge in [-0.15, -0.1) is 10.2 Å². The second-order valence-corrected chi connectivity index (χ2v) is 7.19. The Morgan fingerprint density at radius 1 is 1.00 bits per heavy atom. The van der Waals surface area contributed by atoms with Crippen LogP contribution in [0.5, 0.6) is 11.8 Å². The molecule has 0 fully saturated rings. The maximum Gasteiger partial charge on any atom is 0.304 e. The fraction of sp³-hybridized carbons (Fsp3) is 0.136. The molecule has 3 aromatic heterocycles. The summed E-state index contributed by atoms with van der Waals surface area (Å²) in [5, 5.41) is 13.1. The van der Waals surface area contributed by atoms with Gasteiger partial charge in [-0.1, -0.05) is 24.3 Å². The Hall–Kier alpha value is -4.27. The van der Waals surface area contributed by atoms with E-state index in [9.17, 15) is 4.79 Å². The fourth-order valence-corrected chi connectivity index (χ4v) is 3.51. The van der Waals surface area contributed by atoms with Crippen LogP contribution in [0.1, 0.15) is 11.4 Å². The Morgan fingerprint density at radius 2 is 1.77 bits per heavy atom. The SMILES string of the molecule is Cc1ccccc1-c1nnc(C)n1-c1ccc(Oc2nc3c(cnn3C)c(=O)[nH]2)cc1. The number of benzene rings is 2. The number of ether oxygens (including phenoxy) is 1. The predicted octanol–water partition coefficient (Wildman–Crippen LogP) is 3.31. The van der Waals surface area contributed by atoms with Crippen LogP contribution < -0.4 is 10.3 Å². The highest BCUT2D eigenvalue weighted by Gasteiger charge is 2.15. The third-order valence-electron chi connectivity index (χ3n) is 5.10. The summed E-state index contributed by atoms with van der Waals surface area (Å²) in [6.07, 6.45) is 1.48. The number of hydrogen-bond donors (Lipinski definition) is 1. The molecule has 0 unspecified atom stereocenters. The molecule has 0 saturated heterocycles. The van der Waals surface area contributed by atoms with E-state index in [1.807, 2.05) is 66.9 Å². The van der Waals surface area contributed by atoms with Gasteiger partial charge in [0.25, 0.3) is 5.56 Å². The van der Waals surface area contributed by atoms with Gasteiger partial charge in [0.1, 0.15) is 17.0 Å². The van der Waals surface area contributed by atoms with E-state index < -0.39 is 0 Å². The fourth-order valence-electron chi connectivity index (χ4n) is 3.51. The lowest BCUT2D eigenvalue weighted by molar-refractivity contribution is 0.441. The average molecular weight is 413 g/mol. The minimum absolute atomic E-state index is 0.106. The van der Waals surface area contributed by atoms with Crippen molar-refractivity contribution in [3.05, 3.63) is 76.5 Å². The summed E-state index contributed by atoms with van der Waals surface area (Å²) in [5.74, 6) is 2.09. The van der Waals surface area contributed by atoms with Crippen LogP contribution in [-0.2, 0) is 7.05 Å². The summed E-state index contributed by atoms with van der Waals surface area (Å²) in [7, 11) is 1.72. The minimum atomic E-state index is -0.298. The molecule has 0 bridgehead atoms. The van der Waals surface area contributed by atoms with E-state index in [-0.39, 0.29) is 11.6 Å². The highest BCUT2D eigenvalue weighted by molar-refractivity contribution is 5.73. The molecule has 31 heavy (non-hydrogen) atoms. The van der Waals surface area contributed by atoms with Crippen molar-refractivity contribution in [2.75, 3.05) is 0 Å². The van der Waals surface area contributed by atoms with Gasteiger partial charge in [0, 0.05) is 18.3 Å². The van der Waals surface area contributed by atoms with Gasteiger partial charge in [-0.2, -0.15) is 10.1 Å². The van der Waals surface area contributed by atoms with Crippen LogP contribution in [0.15, 0.2) is 59.5 Å². The molecule has 0 amide bonds. The number of aryl methyl sites for hydroxylation is 3. The molecular weight excluding hydrogens is 394 g/mol. The monoisotopic (exact) mass is 413 g/mol. The smallest absolute Gasteiger partial charge is 0.304 e. The Kier molecular flexibility index (Phi) is 4.36. The maximum atomic E-state index is 12.2. The molecule has 0 radical (unpaired) electrons. The number of rotatable bonds is 4. The van der Waals surface area contributed by atoms with Crippen LogP contribution in [0, 0.1) is 13.8 Å². The van der Waals surface area contributed by atoms with Gasteiger partial charge in [0.15, 0.2) is 11.5 Å². The standard InChI is InChI=1S/C22H19N7O2/c1-13-6-4-5-7-17(13)20-27-26-14(2)29(20)15-8-10-16(11-9-15)31-22-24-19-18(21(30)25-22)12-23-28(19)3/h4-12H,1-3H3,(H,24,25,30). The van der Waals surface area contributed by atoms with Crippen LogP contribution in [0.25, 0.3) is 28.1 Å². The molecule has 9 heteroatoms. The molecule has 0 aliphatic heterocycles. The van der Waals surface area contributed by atoms with Gasteiger partial charge in [0.2, 0.25) is 0 Å². The van der Waals surface area contributed by atoms with Crippen molar-refractivity contribution >= 4 is 11.0 Å². The number of nitrogens with zero attached hydrogens (tertiary/aromatic N) is 6. The molecule has 5 aromatic rings. The molecule has 0 aliphatic carbocycles. The summed E-state index contributed by atoms with van der Waals surface area (Å²) in [4.78, 5) is 19.2. The Balaban J connectivity index is 1.48. The topological polar surface area (TPSA) is 104 Å². The molecule has 5 rings (SSSR count). The first-order chi connectivity index (χ1) is 15.0. The lowest BCUT2D eigenvalue weighted by atomic mass is 10.1. The zero-order chi connectivity index (χ0) is 21.5. The molecule has 2 aromatic carbocycles. The van der Waals surface area contributed by atoms with Crippen LogP contribution in [0.4, 0.5) is 0 Å². The number of aromatic amines is 1. The van der Waals surface area contributed by atoms with Gasteiger partial charge in [-0.3, -0.25) is 19.0 Å². The summed E-state index contributed by atoms with van der Waals surface area (Å²) in [6, 6.07) is 15.6. The van der Waals surface area contributed by atoms with Gasteiger partial charge >= 0.3 is 6.01 Å². The van der Waals surface area contributed by atoms with E-state index in [0.717, 1.165) is 28.5 Å². The normalized spacial score (nSPS) is 11.2. The van der Waals surface area contributed by atoms with Crippen molar-refractivity contribution in [2.24, 2.45) is 7.05 Å². The molecule has 3 heterocycles. The van der Waals surface area contributed by atoms with E-state index in [4.69, 9.17) is 4.74 Å². The molecule has 0 saturated carbocycles. The third kappa shape index (κ3) is 3.25. The van der Waals surface area contributed by atoms with Crippen LogP contribution in [0.3, 0.4) is 0 Å². The molecule has 0 spiro atoms. The van der Waals surface area contributed by atoms with Crippen LogP contribution >= 0.6 is 0 Å². The lowest BCUT2D eigenvalue weighted by Gasteiger charge is -2.11. The molecule has 0 atom stereocenters. The van der Waals surface area contributed by atoms with Crippen molar-refractivity contribution in [2.45, 2.75) is 13.8 Å². The first-order valence-corrected chi connectivity index (χ1v) is 9.69. The van der Waals surface area contributed by atoms with Crippen molar-refractivity contribution in [1.29, 1.82) is 0 Å². The second-order valence-electron chi connectivity index (χ2n) is 7.19. The number of nitrogens with one attached hydrogen (secondary N) is 1. The van der Waals surface area contributed by atoms with E-state index in [1.54, 1.807) is 7.05 Å². The van der Waals surface area contributed by atoms with E-state index in [1.165, 1.54) is 10.9 Å². The highest BCUT2D eigenvalue weighted by atomic mass is 16.5. The first kappa shape index (κ1) is 18.7. The Bertz CT molecular complexity index is 1460. The number of fused-ring (bicyclic) bond motifs is 1. The summed E-state index contributed by atoms with van der Waals surface area (Å²) in [6.45, 7) is 3.96. The van der Waals surface area contributed by atoms with E-state index in [0.29, 0.717) is 16.8 Å². The maximum absolute atomic E-state index is 12.2. The van der Waals surface area contributed by atoms with E-state index >= 15 is 0 Å². The Labute approximate surface area is 177 Å². The number of aromatic nitrogens is 7. The van der Waals surface area contributed by atoms with Crippen LogP contribution in [-0.4, -0.2) is 34.5 Å². The molecule has 154 valence electrons. The third-order valence-corrected chi connectivity index (χ3v) is 5.10. The predicted molar refractivity (Wildman–Crippen MR) is 115 cm³/mol. The first-order valence-electron chi connectivity index (χ1n) is 9.69. The second kappa shape index (κ2) is 7.21. The van der Waals surface area contributed by atoms with Gasteiger partial charge < -0.3 is 4.74 Å². The zero-order valence-corrected chi connectivity index (χ0v) is 17.2. The van der Waals surface area contributed by atoms with Gasteiger partial charge in [-0.25, -0.2) is 0 Å². The molecule has 1 N–H and O–H groups in total. The van der Waals surface area contributed by atoms with Crippen molar-refractivity contribution < 1.29 is 4.74 Å². The minimum Gasteiger partial charge on any atom is -0.426 e. The molecule has 9 nitrogen and oxygen atoms in total. The average Bonchev–Trinajstić information content (AvgIpc) is 3.32. The van der Waals surface area contributed by atoms with Crippen molar-refractivity contribution in [3.63, 3.8) is 0 Å². The van der Waals surface area contributed by atoms with E-state index in [2.05, 4.69) is 25.3 Å².